The number of rotatable bonds is 4. The Bertz CT molecular complexity index is 346. The first kappa shape index (κ1) is 13.1. The maximum atomic E-state index is 5.41. The molecule has 5 heteroatoms. The SMILES string of the molecule is C1CCC(Cc2nc(CN3CCNCC3)no2)CC1. The van der Waals surface area contributed by atoms with Crippen molar-refractivity contribution in [1.82, 2.24) is 20.4 Å². The molecule has 0 amide bonds. The third-order valence-electron chi connectivity index (χ3n) is 4.27. The van der Waals surface area contributed by atoms with Gasteiger partial charge in [0.15, 0.2) is 5.82 Å². The first-order valence-electron chi connectivity index (χ1n) is 7.65. The molecule has 2 fully saturated rings. The van der Waals surface area contributed by atoms with Gasteiger partial charge in [-0.05, 0) is 18.8 Å². The standard InChI is InChI=1S/C14H24N4O/c1-2-4-12(5-3-1)10-14-16-13(17-19-14)11-18-8-6-15-7-9-18/h12,15H,1-11H2. The van der Waals surface area contributed by atoms with Gasteiger partial charge in [0.05, 0.1) is 6.54 Å². The molecule has 5 nitrogen and oxygen atoms in total. The van der Waals surface area contributed by atoms with E-state index in [1.807, 2.05) is 0 Å². The molecule has 3 rings (SSSR count). The van der Waals surface area contributed by atoms with Crippen LogP contribution in [-0.2, 0) is 13.0 Å². The van der Waals surface area contributed by atoms with Crippen LogP contribution in [0.5, 0.6) is 0 Å². The molecular formula is C14H24N4O. The van der Waals surface area contributed by atoms with Crippen molar-refractivity contribution in [3.63, 3.8) is 0 Å². The van der Waals surface area contributed by atoms with E-state index < -0.39 is 0 Å². The minimum absolute atomic E-state index is 0.765. The summed E-state index contributed by atoms with van der Waals surface area (Å²) in [6.07, 6.45) is 7.77. The molecule has 106 valence electrons. The molecule has 0 bridgehead atoms. The van der Waals surface area contributed by atoms with Crippen molar-refractivity contribution in [3.05, 3.63) is 11.7 Å². The van der Waals surface area contributed by atoms with Gasteiger partial charge in [-0.3, -0.25) is 4.90 Å². The van der Waals surface area contributed by atoms with Gasteiger partial charge in [-0.25, -0.2) is 0 Å². The first-order chi connectivity index (χ1) is 9.40. The Labute approximate surface area is 114 Å². The molecule has 1 aliphatic carbocycles. The van der Waals surface area contributed by atoms with Gasteiger partial charge in [-0.15, -0.1) is 0 Å². The fourth-order valence-corrected chi connectivity index (χ4v) is 3.14. The quantitative estimate of drug-likeness (QED) is 0.895. The van der Waals surface area contributed by atoms with Crippen LogP contribution in [0.2, 0.25) is 0 Å². The van der Waals surface area contributed by atoms with E-state index in [1.54, 1.807) is 0 Å². The molecule has 0 radical (unpaired) electrons. The average molecular weight is 264 g/mol. The van der Waals surface area contributed by atoms with Crippen molar-refractivity contribution >= 4 is 0 Å². The predicted octanol–water partition coefficient (Wildman–Crippen LogP) is 1.60. The van der Waals surface area contributed by atoms with Crippen LogP contribution in [0.3, 0.4) is 0 Å². The van der Waals surface area contributed by atoms with Crippen LogP contribution in [0.1, 0.15) is 43.8 Å². The molecule has 2 aliphatic rings. The molecule has 1 aromatic heterocycles. The molecule has 19 heavy (non-hydrogen) atoms. The summed E-state index contributed by atoms with van der Waals surface area (Å²) < 4.78 is 5.41. The van der Waals surface area contributed by atoms with E-state index in [1.165, 1.54) is 32.1 Å². The maximum Gasteiger partial charge on any atom is 0.226 e. The molecule has 0 aromatic carbocycles. The van der Waals surface area contributed by atoms with Crippen LogP contribution in [0.15, 0.2) is 4.52 Å². The van der Waals surface area contributed by atoms with Crippen LogP contribution in [-0.4, -0.2) is 41.2 Å². The smallest absolute Gasteiger partial charge is 0.226 e. The van der Waals surface area contributed by atoms with Crippen molar-refractivity contribution < 1.29 is 4.52 Å². The highest BCUT2D eigenvalue weighted by atomic mass is 16.5. The topological polar surface area (TPSA) is 54.2 Å². The Balaban J connectivity index is 1.50. The minimum Gasteiger partial charge on any atom is -0.339 e. The molecule has 2 heterocycles. The van der Waals surface area contributed by atoms with E-state index in [4.69, 9.17) is 4.52 Å². The highest BCUT2D eigenvalue weighted by Crippen LogP contribution is 2.26. The van der Waals surface area contributed by atoms with Gasteiger partial charge in [0.2, 0.25) is 5.89 Å². The summed E-state index contributed by atoms with van der Waals surface area (Å²) in [6.45, 7) is 5.11. The summed E-state index contributed by atoms with van der Waals surface area (Å²) in [6, 6.07) is 0. The van der Waals surface area contributed by atoms with Crippen LogP contribution < -0.4 is 5.32 Å². The summed E-state index contributed by atoms with van der Waals surface area (Å²) in [7, 11) is 0. The third kappa shape index (κ3) is 3.76. The van der Waals surface area contributed by atoms with Gasteiger partial charge in [-0.2, -0.15) is 4.98 Å². The predicted molar refractivity (Wildman–Crippen MR) is 72.7 cm³/mol. The van der Waals surface area contributed by atoms with Gasteiger partial charge in [0.25, 0.3) is 0 Å². The van der Waals surface area contributed by atoms with Gasteiger partial charge in [0.1, 0.15) is 0 Å². The molecule has 1 N–H and O–H groups in total. The highest BCUT2D eigenvalue weighted by molar-refractivity contribution is 4.89. The Morgan fingerprint density at radius 1 is 1.16 bits per heavy atom. The number of hydrogen-bond donors (Lipinski definition) is 1. The fraction of sp³-hybridized carbons (Fsp3) is 0.857. The normalized spacial score (nSPS) is 22.7. The second-order valence-electron chi connectivity index (χ2n) is 5.84. The molecule has 0 spiro atoms. The van der Waals surface area contributed by atoms with E-state index in [-0.39, 0.29) is 0 Å². The Kier molecular flexibility index (Phi) is 4.45. The van der Waals surface area contributed by atoms with Gasteiger partial charge < -0.3 is 9.84 Å². The summed E-state index contributed by atoms with van der Waals surface area (Å²) in [5.41, 5.74) is 0. The lowest BCUT2D eigenvalue weighted by Gasteiger charge is -2.25. The third-order valence-corrected chi connectivity index (χ3v) is 4.27. The number of hydrogen-bond acceptors (Lipinski definition) is 5. The van der Waals surface area contributed by atoms with Gasteiger partial charge >= 0.3 is 0 Å². The van der Waals surface area contributed by atoms with E-state index in [0.717, 1.165) is 56.8 Å². The molecular weight excluding hydrogens is 240 g/mol. The number of aromatic nitrogens is 2. The van der Waals surface area contributed by atoms with Gasteiger partial charge in [0, 0.05) is 32.6 Å². The molecule has 1 saturated carbocycles. The number of nitrogens with zero attached hydrogens (tertiary/aromatic N) is 3. The van der Waals surface area contributed by atoms with E-state index in [2.05, 4.69) is 20.4 Å². The zero-order valence-corrected chi connectivity index (χ0v) is 11.6. The minimum atomic E-state index is 0.765. The van der Waals surface area contributed by atoms with Crippen molar-refractivity contribution in [3.8, 4) is 0 Å². The zero-order chi connectivity index (χ0) is 12.9. The average Bonchev–Trinajstić information content (AvgIpc) is 2.88. The number of piperazine rings is 1. The Hall–Kier alpha value is -0.940. The van der Waals surface area contributed by atoms with Crippen LogP contribution >= 0.6 is 0 Å². The largest absolute Gasteiger partial charge is 0.339 e. The summed E-state index contributed by atoms with van der Waals surface area (Å²) in [4.78, 5) is 6.94. The van der Waals surface area contributed by atoms with E-state index >= 15 is 0 Å². The zero-order valence-electron chi connectivity index (χ0n) is 11.6. The summed E-state index contributed by atoms with van der Waals surface area (Å²) in [5, 5.41) is 7.48. The highest BCUT2D eigenvalue weighted by Gasteiger charge is 2.18. The van der Waals surface area contributed by atoms with Crippen molar-refractivity contribution in [2.24, 2.45) is 5.92 Å². The monoisotopic (exact) mass is 264 g/mol. The first-order valence-corrected chi connectivity index (χ1v) is 7.65. The van der Waals surface area contributed by atoms with Crippen LogP contribution in [0.25, 0.3) is 0 Å². The van der Waals surface area contributed by atoms with Crippen molar-refractivity contribution in [1.29, 1.82) is 0 Å². The van der Waals surface area contributed by atoms with Crippen LogP contribution in [0, 0.1) is 5.92 Å². The molecule has 1 aliphatic heterocycles. The van der Waals surface area contributed by atoms with E-state index in [9.17, 15) is 0 Å². The van der Waals surface area contributed by atoms with Crippen molar-refractivity contribution in [2.75, 3.05) is 26.2 Å². The Morgan fingerprint density at radius 3 is 2.74 bits per heavy atom. The van der Waals surface area contributed by atoms with E-state index in [0.29, 0.717) is 0 Å². The molecule has 0 atom stereocenters. The lowest BCUT2D eigenvalue weighted by atomic mass is 9.87. The number of nitrogens with one attached hydrogen (secondary N) is 1. The lowest BCUT2D eigenvalue weighted by Crippen LogP contribution is -2.43. The Morgan fingerprint density at radius 2 is 1.95 bits per heavy atom. The van der Waals surface area contributed by atoms with Crippen LogP contribution in [0.4, 0.5) is 0 Å². The summed E-state index contributed by atoms with van der Waals surface area (Å²) in [5.74, 6) is 2.46. The maximum absolute atomic E-state index is 5.41. The second-order valence-corrected chi connectivity index (χ2v) is 5.84. The fourth-order valence-electron chi connectivity index (χ4n) is 3.14. The second kappa shape index (κ2) is 6.48. The van der Waals surface area contributed by atoms with Gasteiger partial charge in [-0.1, -0.05) is 24.4 Å². The molecule has 0 unspecified atom stereocenters. The summed E-state index contributed by atoms with van der Waals surface area (Å²) >= 11 is 0. The molecule has 1 saturated heterocycles. The molecule has 1 aromatic rings. The van der Waals surface area contributed by atoms with Crippen molar-refractivity contribution in [2.45, 2.75) is 45.1 Å². The lowest BCUT2D eigenvalue weighted by molar-refractivity contribution is 0.224.